The number of rotatable bonds is 6. The van der Waals surface area contributed by atoms with Crippen LogP contribution in [0.3, 0.4) is 0 Å². The number of nitrogens with zero attached hydrogens (tertiary/aromatic N) is 3. The van der Waals surface area contributed by atoms with Crippen LogP contribution in [0.25, 0.3) is 11.4 Å². The van der Waals surface area contributed by atoms with E-state index in [1.54, 1.807) is 31.0 Å². The number of hydrogen-bond acceptors (Lipinski definition) is 6. The van der Waals surface area contributed by atoms with Gasteiger partial charge in [-0.2, -0.15) is 4.98 Å². The molecule has 1 aliphatic rings. The van der Waals surface area contributed by atoms with Gasteiger partial charge in [0.05, 0.1) is 24.8 Å². The third-order valence-electron chi connectivity index (χ3n) is 5.98. The lowest BCUT2D eigenvalue weighted by molar-refractivity contribution is -0.113. The Morgan fingerprint density at radius 3 is 2.50 bits per heavy atom. The minimum absolute atomic E-state index is 0.276. The van der Waals surface area contributed by atoms with Gasteiger partial charge in [0.15, 0.2) is 5.82 Å². The second-order valence-electron chi connectivity index (χ2n) is 8.18. The molecule has 1 atom stereocenters. The Balaban J connectivity index is 1.68. The molecule has 9 heteroatoms. The molecule has 0 saturated heterocycles. The van der Waals surface area contributed by atoms with Crippen LogP contribution < -0.4 is 20.1 Å². The highest BCUT2D eigenvalue weighted by Gasteiger charge is 2.36. The van der Waals surface area contributed by atoms with Crippen molar-refractivity contribution in [3.8, 4) is 22.9 Å². The standard InChI is InChI=1S/C27H24ClN5O3/c1-16-23(26(34)30-17-9-5-4-6-10-17)24(20-15-18(35-2)13-14-22(20)36-3)33-27(29-16)31-25(32-33)19-11-7-8-12-21(19)28/h4-15,24H,1-3H3,(H,30,34)(H,29,31,32). The molecule has 2 heterocycles. The Bertz CT molecular complexity index is 1470. The molecule has 4 aromatic rings. The number of hydrogen-bond donors (Lipinski definition) is 2. The molecule has 2 N–H and O–H groups in total. The summed E-state index contributed by atoms with van der Waals surface area (Å²) < 4.78 is 12.9. The second-order valence-corrected chi connectivity index (χ2v) is 8.58. The largest absolute Gasteiger partial charge is 0.497 e. The van der Waals surface area contributed by atoms with E-state index in [1.807, 2.05) is 67.6 Å². The van der Waals surface area contributed by atoms with Crippen LogP contribution in [-0.2, 0) is 4.79 Å². The highest BCUT2D eigenvalue weighted by molar-refractivity contribution is 6.33. The molecule has 1 amide bonds. The summed E-state index contributed by atoms with van der Waals surface area (Å²) in [6.45, 7) is 1.84. The molecule has 36 heavy (non-hydrogen) atoms. The maximum atomic E-state index is 13.7. The summed E-state index contributed by atoms with van der Waals surface area (Å²) in [5.74, 6) is 1.85. The first-order valence-corrected chi connectivity index (χ1v) is 11.7. The van der Waals surface area contributed by atoms with Crippen LogP contribution >= 0.6 is 11.6 Å². The molecule has 1 unspecified atom stereocenters. The summed E-state index contributed by atoms with van der Waals surface area (Å²) in [6.07, 6.45) is 0. The van der Waals surface area contributed by atoms with E-state index in [4.69, 9.17) is 31.2 Å². The van der Waals surface area contributed by atoms with E-state index in [0.29, 0.717) is 56.4 Å². The van der Waals surface area contributed by atoms with Gasteiger partial charge in [0.1, 0.15) is 17.5 Å². The number of methoxy groups -OCH3 is 2. The van der Waals surface area contributed by atoms with Crippen LogP contribution in [-0.4, -0.2) is 34.9 Å². The predicted octanol–water partition coefficient (Wildman–Crippen LogP) is 5.54. The molecular formula is C27H24ClN5O3. The van der Waals surface area contributed by atoms with E-state index < -0.39 is 6.04 Å². The van der Waals surface area contributed by atoms with Gasteiger partial charge in [-0.25, -0.2) is 4.68 Å². The van der Waals surface area contributed by atoms with Crippen LogP contribution in [0.15, 0.2) is 84.1 Å². The van der Waals surface area contributed by atoms with Crippen molar-refractivity contribution in [2.75, 3.05) is 24.9 Å². The number of amides is 1. The van der Waals surface area contributed by atoms with E-state index in [2.05, 4.69) is 10.6 Å². The number of halogens is 1. The Labute approximate surface area is 213 Å². The minimum atomic E-state index is -0.654. The summed E-state index contributed by atoms with van der Waals surface area (Å²) in [5, 5.41) is 11.6. The second kappa shape index (κ2) is 9.75. The molecule has 8 nitrogen and oxygen atoms in total. The van der Waals surface area contributed by atoms with Crippen molar-refractivity contribution in [1.29, 1.82) is 0 Å². The number of ether oxygens (including phenoxy) is 2. The van der Waals surface area contributed by atoms with Crippen molar-refractivity contribution in [3.63, 3.8) is 0 Å². The first-order valence-electron chi connectivity index (χ1n) is 11.3. The zero-order valence-electron chi connectivity index (χ0n) is 19.9. The smallest absolute Gasteiger partial charge is 0.255 e. The average Bonchev–Trinajstić information content (AvgIpc) is 3.31. The lowest BCUT2D eigenvalue weighted by atomic mass is 9.94. The van der Waals surface area contributed by atoms with E-state index in [0.717, 1.165) is 0 Å². The molecule has 0 saturated carbocycles. The predicted molar refractivity (Wildman–Crippen MR) is 140 cm³/mol. The Morgan fingerprint density at radius 2 is 1.78 bits per heavy atom. The van der Waals surface area contributed by atoms with Crippen LogP contribution in [0, 0.1) is 0 Å². The van der Waals surface area contributed by atoms with E-state index >= 15 is 0 Å². The van der Waals surface area contributed by atoms with Crippen molar-refractivity contribution in [2.24, 2.45) is 0 Å². The van der Waals surface area contributed by atoms with Gasteiger partial charge in [-0.1, -0.05) is 41.9 Å². The SMILES string of the molecule is COc1ccc(OC)c(C2C(C(=O)Nc3ccccc3)=C(C)Nc3nc(-c4ccccc4Cl)nn32)c1. The van der Waals surface area contributed by atoms with Gasteiger partial charge in [0.25, 0.3) is 5.91 Å². The normalized spacial score (nSPS) is 14.6. The fourth-order valence-electron chi connectivity index (χ4n) is 4.26. The number of fused-ring (bicyclic) bond motifs is 1. The van der Waals surface area contributed by atoms with Gasteiger partial charge < -0.3 is 20.1 Å². The first kappa shape index (κ1) is 23.4. The molecule has 0 spiro atoms. The molecule has 0 bridgehead atoms. The number of para-hydroxylation sites is 1. The number of nitrogens with one attached hydrogen (secondary N) is 2. The van der Waals surface area contributed by atoms with Gasteiger partial charge in [0.2, 0.25) is 5.95 Å². The lowest BCUT2D eigenvalue weighted by Crippen LogP contribution is -2.31. The summed E-state index contributed by atoms with van der Waals surface area (Å²) in [4.78, 5) is 18.4. The summed E-state index contributed by atoms with van der Waals surface area (Å²) >= 11 is 6.44. The lowest BCUT2D eigenvalue weighted by Gasteiger charge is -2.29. The zero-order valence-corrected chi connectivity index (χ0v) is 20.7. The molecule has 3 aromatic carbocycles. The number of benzene rings is 3. The maximum Gasteiger partial charge on any atom is 0.255 e. The topological polar surface area (TPSA) is 90.3 Å². The molecule has 0 aliphatic carbocycles. The number of allylic oxidation sites excluding steroid dienone is 1. The Hall–Kier alpha value is -4.30. The fourth-order valence-corrected chi connectivity index (χ4v) is 4.48. The molecule has 1 aromatic heterocycles. The maximum absolute atomic E-state index is 13.7. The zero-order chi connectivity index (χ0) is 25.2. The monoisotopic (exact) mass is 501 g/mol. The van der Waals surface area contributed by atoms with Gasteiger partial charge in [-0.05, 0) is 49.4 Å². The van der Waals surface area contributed by atoms with Crippen LogP contribution in [0.4, 0.5) is 11.6 Å². The van der Waals surface area contributed by atoms with Crippen molar-refractivity contribution in [1.82, 2.24) is 14.8 Å². The molecule has 182 valence electrons. The highest BCUT2D eigenvalue weighted by Crippen LogP contribution is 2.42. The van der Waals surface area contributed by atoms with Crippen LogP contribution in [0.2, 0.25) is 5.02 Å². The average molecular weight is 502 g/mol. The van der Waals surface area contributed by atoms with Crippen LogP contribution in [0.5, 0.6) is 11.5 Å². The number of aromatic nitrogens is 3. The van der Waals surface area contributed by atoms with Crippen molar-refractivity contribution >= 4 is 29.1 Å². The molecule has 1 aliphatic heterocycles. The van der Waals surface area contributed by atoms with Gasteiger partial charge in [-0.15, -0.1) is 5.10 Å². The van der Waals surface area contributed by atoms with Crippen molar-refractivity contribution in [3.05, 3.63) is 94.7 Å². The van der Waals surface area contributed by atoms with Crippen molar-refractivity contribution in [2.45, 2.75) is 13.0 Å². The van der Waals surface area contributed by atoms with Gasteiger partial charge >= 0.3 is 0 Å². The number of carbonyl (C=O) groups excluding carboxylic acids is 1. The Morgan fingerprint density at radius 1 is 1.03 bits per heavy atom. The highest BCUT2D eigenvalue weighted by atomic mass is 35.5. The number of carbonyl (C=O) groups is 1. The molecule has 0 radical (unpaired) electrons. The molecule has 0 fully saturated rings. The van der Waals surface area contributed by atoms with E-state index in [-0.39, 0.29) is 5.91 Å². The minimum Gasteiger partial charge on any atom is -0.497 e. The number of anilines is 2. The molecular weight excluding hydrogens is 478 g/mol. The summed E-state index contributed by atoms with van der Waals surface area (Å²) in [6, 6.07) is 21.5. The Kier molecular flexibility index (Phi) is 6.35. The van der Waals surface area contributed by atoms with E-state index in [9.17, 15) is 4.79 Å². The summed E-state index contributed by atoms with van der Waals surface area (Å²) in [7, 11) is 3.18. The quantitative estimate of drug-likeness (QED) is 0.360. The first-order chi connectivity index (χ1) is 17.5. The van der Waals surface area contributed by atoms with Crippen LogP contribution in [0.1, 0.15) is 18.5 Å². The van der Waals surface area contributed by atoms with Gasteiger partial charge in [-0.3, -0.25) is 4.79 Å². The third-order valence-corrected chi connectivity index (χ3v) is 6.30. The fraction of sp³-hybridized carbons (Fsp3) is 0.148. The third kappa shape index (κ3) is 4.27. The summed E-state index contributed by atoms with van der Waals surface area (Å²) in [5.41, 5.74) is 3.18. The van der Waals surface area contributed by atoms with E-state index in [1.165, 1.54) is 0 Å². The van der Waals surface area contributed by atoms with Crippen molar-refractivity contribution < 1.29 is 14.3 Å². The van der Waals surface area contributed by atoms with Gasteiger partial charge in [0, 0.05) is 22.5 Å². The molecule has 5 rings (SSSR count).